The highest BCUT2D eigenvalue weighted by Gasteiger charge is 2.29. The Morgan fingerprint density at radius 2 is 0.964 bits per heavy atom. The smallest absolute Gasteiger partial charge is 0.261 e. The van der Waals surface area contributed by atoms with E-state index < -0.39 is 11.1 Å². The van der Waals surface area contributed by atoms with Crippen LogP contribution in [0.5, 0.6) is 0 Å². The van der Waals surface area contributed by atoms with Gasteiger partial charge in [0, 0.05) is 93.5 Å². The fourth-order valence-corrected chi connectivity index (χ4v) is 8.98. The van der Waals surface area contributed by atoms with Crippen LogP contribution in [-0.2, 0) is 0 Å². The normalized spacial score (nSPS) is 10.5. The molecule has 0 spiro atoms. The number of pyridine rings is 8. The van der Waals surface area contributed by atoms with E-state index in [2.05, 4.69) is 125 Å². The number of nitriles is 1. The van der Waals surface area contributed by atoms with Gasteiger partial charge in [-0.15, -0.1) is 0 Å². The fraction of sp³-hybridized carbons (Fsp3) is 0.167. The molecule has 9 heterocycles. The van der Waals surface area contributed by atoms with Crippen LogP contribution in [-0.4, -0.2) is 91.0 Å². The quantitative estimate of drug-likeness (QED) is 0.0763. The number of carbonyl (C=O) groups excluding carboxylic acids is 4. The van der Waals surface area contributed by atoms with E-state index in [0.717, 1.165) is 43.2 Å². The van der Waals surface area contributed by atoms with Gasteiger partial charge in [-0.3, -0.25) is 19.2 Å². The number of anilines is 7. The summed E-state index contributed by atoms with van der Waals surface area (Å²) in [5, 5.41) is 16.1. The highest BCUT2D eigenvalue weighted by atomic mass is 79.9. The molecule has 20 nitrogen and oxygen atoms in total. The van der Waals surface area contributed by atoms with E-state index in [1.54, 1.807) is 86.0 Å². The van der Waals surface area contributed by atoms with Crippen LogP contribution in [0, 0.1) is 39.0 Å². The first-order valence-corrected chi connectivity index (χ1v) is 29.1. The molecular weight excluding hydrogens is 1470 g/mol. The van der Waals surface area contributed by atoms with Crippen LogP contribution in [0.1, 0.15) is 71.1 Å². The number of aromatic nitrogens is 8. The summed E-state index contributed by atoms with van der Waals surface area (Å²) in [6.07, 6.45) is 6.30. The average molecular weight is 1520 g/mol. The minimum atomic E-state index is -0.608. The largest absolute Gasteiger partial charge is 0.396 e. The fourth-order valence-electron chi connectivity index (χ4n) is 6.40. The van der Waals surface area contributed by atoms with Crippen molar-refractivity contribution in [3.05, 3.63) is 186 Å². The molecule has 7 N–H and O–H groups in total. The van der Waals surface area contributed by atoms with Gasteiger partial charge in [0.15, 0.2) is 21.3 Å². The Morgan fingerprint density at radius 3 is 1.43 bits per heavy atom. The van der Waals surface area contributed by atoms with Crippen molar-refractivity contribution >= 4 is 196 Å². The third-order valence-corrected chi connectivity index (χ3v) is 13.7. The van der Waals surface area contributed by atoms with Crippen molar-refractivity contribution in [3.8, 4) is 6.07 Å². The molecule has 0 bridgehead atoms. The number of hydrogen-bond acceptors (Lipinski definition) is 17. The number of carbonyl (C=O) groups is 4. The first-order valence-electron chi connectivity index (χ1n) is 23.7. The highest BCUT2D eigenvalue weighted by molar-refractivity contribution is 9.11. The lowest BCUT2D eigenvalue weighted by Crippen LogP contribution is -2.25. The Balaban J connectivity index is 0.000000277. The molecule has 440 valence electrons. The van der Waals surface area contributed by atoms with Crippen molar-refractivity contribution in [2.45, 2.75) is 34.6 Å². The Morgan fingerprint density at radius 1 is 0.560 bits per heavy atom. The molecule has 0 saturated carbocycles. The zero-order valence-corrected chi connectivity index (χ0v) is 56.6. The molecule has 1 aliphatic heterocycles. The molecule has 9 rings (SSSR count). The SMILES string of the molecule is CC#N.CN.CNc1ncc(Br)cc1C(=O)Nc1ccc(C)nc1Cl.Cc1ccc(N)c(Cl)n1.Cc1ccc(NC(=O)c2cc(Br)cnc2Cl)c(Cl)n1.Cc1ccc2c(n1)N(C)c1ncc(Br)cc1C(=O)N2C.O=C(Cl)c1cc(Br)cnc1Cl. The Hall–Kier alpha value is -6.21. The van der Waals surface area contributed by atoms with Crippen LogP contribution in [0.2, 0.25) is 25.8 Å². The van der Waals surface area contributed by atoms with Crippen molar-refractivity contribution in [1.82, 2.24) is 39.9 Å². The van der Waals surface area contributed by atoms with Gasteiger partial charge in [-0.1, -0.05) is 58.0 Å². The first kappa shape index (κ1) is 72.1. The predicted octanol–water partition coefficient (Wildman–Crippen LogP) is 15.1. The van der Waals surface area contributed by atoms with E-state index in [-0.39, 0.29) is 43.6 Å². The zero-order valence-electron chi connectivity index (χ0n) is 45.7. The van der Waals surface area contributed by atoms with Crippen LogP contribution in [0.15, 0.2) is 115 Å². The number of amides is 3. The van der Waals surface area contributed by atoms with Gasteiger partial charge in [-0.05, 0) is 183 Å². The zero-order chi connectivity index (χ0) is 63.1. The minimum Gasteiger partial charge on any atom is -0.396 e. The molecule has 0 fully saturated rings. The molecule has 30 heteroatoms. The molecule has 0 aliphatic carbocycles. The molecule has 0 saturated heterocycles. The lowest BCUT2D eigenvalue weighted by atomic mass is 10.2. The van der Waals surface area contributed by atoms with Crippen molar-refractivity contribution in [3.63, 3.8) is 0 Å². The van der Waals surface area contributed by atoms with E-state index in [1.807, 2.05) is 57.8 Å². The number of nitrogens with one attached hydrogen (secondary N) is 3. The summed E-state index contributed by atoms with van der Waals surface area (Å²) in [6, 6.07) is 22.6. The van der Waals surface area contributed by atoms with Gasteiger partial charge in [-0.2, -0.15) is 5.26 Å². The van der Waals surface area contributed by atoms with E-state index >= 15 is 0 Å². The van der Waals surface area contributed by atoms with E-state index in [0.29, 0.717) is 53.9 Å². The molecule has 1 aliphatic rings. The van der Waals surface area contributed by atoms with Gasteiger partial charge in [-0.25, -0.2) is 39.9 Å². The van der Waals surface area contributed by atoms with E-state index in [4.69, 9.17) is 80.6 Å². The molecule has 8 aromatic rings. The summed E-state index contributed by atoms with van der Waals surface area (Å²) in [7, 11) is 6.83. The van der Waals surface area contributed by atoms with E-state index in [9.17, 15) is 19.2 Å². The van der Waals surface area contributed by atoms with Crippen molar-refractivity contribution in [2.24, 2.45) is 5.73 Å². The van der Waals surface area contributed by atoms with Gasteiger partial charge in [0.1, 0.15) is 21.9 Å². The van der Waals surface area contributed by atoms with Crippen LogP contribution in [0.4, 0.5) is 40.2 Å². The number of rotatable bonds is 6. The topological polar surface area (TPSA) is 290 Å². The van der Waals surface area contributed by atoms with Crippen molar-refractivity contribution in [2.75, 3.05) is 59.7 Å². The molecule has 0 atom stereocenters. The average Bonchev–Trinajstić information content (AvgIpc) is 2.32. The summed E-state index contributed by atoms with van der Waals surface area (Å²) in [5.41, 5.74) is 16.9. The van der Waals surface area contributed by atoms with Crippen molar-refractivity contribution in [1.29, 1.82) is 5.26 Å². The van der Waals surface area contributed by atoms with Crippen LogP contribution in [0.3, 0.4) is 0 Å². The second-order valence-electron chi connectivity index (χ2n) is 16.3. The predicted molar refractivity (Wildman–Crippen MR) is 351 cm³/mol. The third kappa shape index (κ3) is 21.7. The van der Waals surface area contributed by atoms with Gasteiger partial charge >= 0.3 is 0 Å². The van der Waals surface area contributed by atoms with Crippen LogP contribution in [0.25, 0.3) is 0 Å². The Kier molecular flexibility index (Phi) is 30.3. The van der Waals surface area contributed by atoms with Crippen LogP contribution < -0.4 is 37.2 Å². The summed E-state index contributed by atoms with van der Waals surface area (Å²) < 4.78 is 2.83. The van der Waals surface area contributed by atoms with Gasteiger partial charge < -0.3 is 37.2 Å². The summed E-state index contributed by atoms with van der Waals surface area (Å²) in [5.74, 6) is 1.03. The summed E-state index contributed by atoms with van der Waals surface area (Å²) in [4.78, 5) is 83.8. The van der Waals surface area contributed by atoms with Gasteiger partial charge in [0.05, 0.1) is 51.1 Å². The van der Waals surface area contributed by atoms with Gasteiger partial charge in [0.2, 0.25) is 0 Å². The Bertz CT molecular complexity index is 3700. The second kappa shape index (κ2) is 35.3. The molecule has 0 radical (unpaired) electrons. The van der Waals surface area contributed by atoms with E-state index in [1.165, 1.54) is 32.4 Å². The number of nitrogen functional groups attached to an aromatic ring is 1. The maximum Gasteiger partial charge on any atom is 0.261 e. The van der Waals surface area contributed by atoms with Crippen LogP contribution >= 0.6 is 133 Å². The summed E-state index contributed by atoms with van der Waals surface area (Å²) in [6.45, 7) is 8.86. The molecule has 84 heavy (non-hydrogen) atoms. The van der Waals surface area contributed by atoms with Crippen molar-refractivity contribution < 1.29 is 19.2 Å². The molecule has 0 unspecified atom stereocenters. The molecule has 3 amide bonds. The standard InChI is InChI=1S/C14H13BrN4O.C13H12BrClN4O.C12H8BrCl2N3O.C6H2BrCl2NO.C6H7ClN2.C2H3N.CH5N/c1-8-4-5-11-13(17-8)19(3)12-10(14(20)18(11)2)6-9(15)7-16-12;1-7-3-4-10(11(15)18-7)19-13(20)9-5-8(14)6-17-12(9)16-2;1-6-2-3-9(11(15)17-6)18-12(19)8-4-7(13)5-16-10(8)14;7-3-1-4(6(9)11)5(8)10-2-3;1-4-2-3-5(8)6(7)9-4;1-2-3;1-2/h4-7H,1-3H3;3-6H,1-2H3,(H,16,17)(H,19,20);2-5H,1H3,(H,18,19);1-2H;2-3H,8H2,1H3;1H3;2H2,1H3. The molecule has 8 aromatic heterocycles. The Labute approximate surface area is 548 Å². The highest BCUT2D eigenvalue weighted by Crippen LogP contribution is 2.37. The second-order valence-corrected chi connectivity index (χ2v) is 22.1. The maximum absolute atomic E-state index is 12.6. The minimum absolute atomic E-state index is 0.0925. The number of hydrogen-bond donors (Lipinski definition) is 5. The number of nitrogens with zero attached hydrogens (tertiary/aromatic N) is 11. The summed E-state index contributed by atoms with van der Waals surface area (Å²) >= 11 is 47.2. The first-order chi connectivity index (χ1) is 39.7. The number of aryl methyl sites for hydroxylation is 4. The maximum atomic E-state index is 12.6. The van der Waals surface area contributed by atoms with Gasteiger partial charge in [0.25, 0.3) is 23.0 Å². The lowest BCUT2D eigenvalue weighted by molar-refractivity contribution is 0.0990. The monoisotopic (exact) mass is 1510 g/mol. The third-order valence-electron chi connectivity index (χ3n) is 10.3. The molecule has 0 aromatic carbocycles. The molecular formula is C54H50Br4Cl6N16O4. The number of nitrogens with two attached hydrogens (primary N) is 2. The number of halogens is 10. The number of fused-ring (bicyclic) bond motifs is 2. The lowest BCUT2D eigenvalue weighted by Gasteiger charge is -2.20.